The predicted octanol–water partition coefficient (Wildman–Crippen LogP) is 1.71. The van der Waals surface area contributed by atoms with E-state index in [1.54, 1.807) is 4.52 Å². The third kappa shape index (κ3) is 2.08. The van der Waals surface area contributed by atoms with Crippen molar-refractivity contribution in [2.24, 2.45) is 0 Å². The molecule has 1 aliphatic rings. The second kappa shape index (κ2) is 4.81. The van der Waals surface area contributed by atoms with Crippen LogP contribution in [0.5, 0.6) is 0 Å². The number of piperidine rings is 1. The van der Waals surface area contributed by atoms with E-state index in [4.69, 9.17) is 0 Å². The molecule has 0 bridgehead atoms. The Morgan fingerprint density at radius 1 is 1.47 bits per heavy atom. The Hall–Kier alpha value is -1.62. The van der Waals surface area contributed by atoms with Crippen molar-refractivity contribution in [1.29, 1.82) is 0 Å². The van der Waals surface area contributed by atoms with Crippen LogP contribution in [0, 0.1) is 6.92 Å². The van der Waals surface area contributed by atoms with Gasteiger partial charge >= 0.3 is 0 Å². The van der Waals surface area contributed by atoms with Gasteiger partial charge in [0, 0.05) is 23.4 Å². The monoisotopic (exact) mass is 260 g/mol. The van der Waals surface area contributed by atoms with Crippen LogP contribution in [0.3, 0.4) is 0 Å². The van der Waals surface area contributed by atoms with E-state index in [0.717, 1.165) is 42.0 Å². The maximum atomic E-state index is 12.3. The average Bonchev–Trinajstić information content (AvgIpc) is 2.84. The van der Waals surface area contributed by atoms with Gasteiger partial charge in [-0.1, -0.05) is 13.3 Å². The van der Waals surface area contributed by atoms with Gasteiger partial charge in [-0.25, -0.2) is 9.50 Å². The number of nitrogens with one attached hydrogen (secondary N) is 2. The number of hydrogen-bond acceptors (Lipinski definition) is 3. The second-order valence-electron chi connectivity index (χ2n) is 5.24. The molecule has 3 rings (SSSR count). The molecule has 0 amide bonds. The summed E-state index contributed by atoms with van der Waals surface area (Å²) in [6, 6.07) is 2.32. The van der Waals surface area contributed by atoms with Gasteiger partial charge < -0.3 is 5.32 Å². The van der Waals surface area contributed by atoms with Gasteiger partial charge in [-0.2, -0.15) is 0 Å². The van der Waals surface area contributed by atoms with E-state index < -0.39 is 0 Å². The molecule has 102 valence electrons. The molecule has 0 aromatic carbocycles. The molecule has 1 saturated heterocycles. The summed E-state index contributed by atoms with van der Waals surface area (Å²) in [7, 11) is 0. The topological polar surface area (TPSA) is 62.2 Å². The molecule has 1 atom stereocenters. The van der Waals surface area contributed by atoms with E-state index in [0.29, 0.717) is 6.04 Å². The molecular formula is C14H20N4O. The summed E-state index contributed by atoms with van der Waals surface area (Å²) >= 11 is 0. The first kappa shape index (κ1) is 12.4. The van der Waals surface area contributed by atoms with Crippen molar-refractivity contribution in [2.75, 3.05) is 6.54 Å². The molecule has 0 radical (unpaired) electrons. The quantitative estimate of drug-likeness (QED) is 0.864. The maximum absolute atomic E-state index is 12.3. The van der Waals surface area contributed by atoms with Crippen LogP contribution in [-0.2, 0) is 6.42 Å². The second-order valence-corrected chi connectivity index (χ2v) is 5.24. The van der Waals surface area contributed by atoms with Crippen LogP contribution in [0.2, 0.25) is 0 Å². The highest BCUT2D eigenvalue weighted by molar-refractivity contribution is 5.42. The fraction of sp³-hybridized carbons (Fsp3) is 0.571. The lowest BCUT2D eigenvalue weighted by atomic mass is 10.0. The molecule has 19 heavy (non-hydrogen) atoms. The van der Waals surface area contributed by atoms with Crippen molar-refractivity contribution in [1.82, 2.24) is 19.9 Å². The van der Waals surface area contributed by atoms with Crippen molar-refractivity contribution < 1.29 is 0 Å². The van der Waals surface area contributed by atoms with Gasteiger partial charge in [0.25, 0.3) is 5.56 Å². The van der Waals surface area contributed by atoms with Crippen LogP contribution in [0.4, 0.5) is 0 Å². The summed E-state index contributed by atoms with van der Waals surface area (Å²) in [5.41, 5.74) is 3.46. The van der Waals surface area contributed by atoms with Crippen molar-refractivity contribution in [3.63, 3.8) is 0 Å². The normalized spacial score (nSPS) is 20.0. The highest BCUT2D eigenvalue weighted by Gasteiger charge is 2.18. The fourth-order valence-corrected chi connectivity index (χ4v) is 2.89. The van der Waals surface area contributed by atoms with Crippen LogP contribution in [0.25, 0.3) is 5.65 Å². The molecule has 5 heteroatoms. The van der Waals surface area contributed by atoms with Gasteiger partial charge in [0.2, 0.25) is 0 Å². The van der Waals surface area contributed by atoms with E-state index in [2.05, 4.69) is 15.4 Å². The Kier molecular flexibility index (Phi) is 3.14. The summed E-state index contributed by atoms with van der Waals surface area (Å²) in [5, 5.41) is 6.70. The Balaban J connectivity index is 2.10. The fourth-order valence-electron chi connectivity index (χ4n) is 2.89. The zero-order valence-electron chi connectivity index (χ0n) is 11.5. The highest BCUT2D eigenvalue weighted by atomic mass is 16.1. The van der Waals surface area contributed by atoms with Crippen molar-refractivity contribution in [2.45, 2.75) is 45.6 Å². The SMILES string of the molecule is CCc1c(C)nc2cc([C@@H]3CCCCN3)[nH]n2c1=O. The minimum atomic E-state index is 0.0343. The molecule has 2 aromatic heterocycles. The van der Waals surface area contributed by atoms with Crippen LogP contribution in [-0.4, -0.2) is 21.1 Å². The largest absolute Gasteiger partial charge is 0.309 e. The summed E-state index contributed by atoms with van der Waals surface area (Å²) in [4.78, 5) is 16.9. The molecule has 0 aliphatic carbocycles. The number of aryl methyl sites for hydroxylation is 1. The average molecular weight is 260 g/mol. The Morgan fingerprint density at radius 3 is 3.00 bits per heavy atom. The minimum absolute atomic E-state index is 0.0343. The zero-order valence-corrected chi connectivity index (χ0v) is 11.5. The van der Waals surface area contributed by atoms with Crippen LogP contribution < -0.4 is 10.9 Å². The number of nitrogens with zero attached hydrogens (tertiary/aromatic N) is 2. The molecule has 0 saturated carbocycles. The highest BCUT2D eigenvalue weighted by Crippen LogP contribution is 2.22. The Labute approximate surface area is 112 Å². The predicted molar refractivity (Wildman–Crippen MR) is 74.5 cm³/mol. The van der Waals surface area contributed by atoms with E-state index in [1.165, 1.54) is 12.8 Å². The molecule has 2 aromatic rings. The third-order valence-corrected chi connectivity index (χ3v) is 3.97. The Bertz CT molecular complexity index is 649. The lowest BCUT2D eigenvalue weighted by Gasteiger charge is -2.21. The van der Waals surface area contributed by atoms with Gasteiger partial charge in [-0.3, -0.25) is 9.89 Å². The number of aromatic amines is 1. The van der Waals surface area contributed by atoms with Crippen molar-refractivity contribution >= 4 is 5.65 Å². The van der Waals surface area contributed by atoms with Crippen LogP contribution >= 0.6 is 0 Å². The van der Waals surface area contributed by atoms with E-state index in [9.17, 15) is 4.79 Å². The molecule has 0 unspecified atom stereocenters. The van der Waals surface area contributed by atoms with Crippen molar-refractivity contribution in [3.05, 3.63) is 33.4 Å². The first-order chi connectivity index (χ1) is 9.20. The van der Waals surface area contributed by atoms with Gasteiger partial charge in [0.05, 0.1) is 5.69 Å². The van der Waals surface area contributed by atoms with Gasteiger partial charge in [0.15, 0.2) is 5.65 Å². The maximum Gasteiger partial charge on any atom is 0.276 e. The molecule has 2 N–H and O–H groups in total. The molecule has 1 aliphatic heterocycles. The first-order valence-electron chi connectivity index (χ1n) is 7.05. The van der Waals surface area contributed by atoms with E-state index >= 15 is 0 Å². The number of H-pyrrole nitrogens is 1. The van der Waals surface area contributed by atoms with Gasteiger partial charge in [-0.15, -0.1) is 0 Å². The molecule has 3 heterocycles. The molecule has 0 spiro atoms. The van der Waals surface area contributed by atoms with Crippen LogP contribution in [0.1, 0.15) is 49.2 Å². The van der Waals surface area contributed by atoms with E-state index in [-0.39, 0.29) is 5.56 Å². The molecular weight excluding hydrogens is 240 g/mol. The summed E-state index contributed by atoms with van der Waals surface area (Å²) in [6.45, 7) is 4.94. The standard InChI is InChI=1S/C14H20N4O/c1-3-10-9(2)16-13-8-12(17-18(13)14(10)19)11-6-4-5-7-15-11/h8,11,15,17H,3-7H2,1-2H3/t11-/m0/s1. The van der Waals surface area contributed by atoms with Crippen LogP contribution in [0.15, 0.2) is 10.9 Å². The van der Waals surface area contributed by atoms with E-state index in [1.807, 2.05) is 19.9 Å². The number of hydrogen-bond donors (Lipinski definition) is 2. The molecule has 1 fully saturated rings. The lowest BCUT2D eigenvalue weighted by molar-refractivity contribution is 0.404. The van der Waals surface area contributed by atoms with Gasteiger partial charge in [0.1, 0.15) is 0 Å². The summed E-state index contributed by atoms with van der Waals surface area (Å²) in [6.07, 6.45) is 4.29. The zero-order chi connectivity index (χ0) is 13.4. The third-order valence-electron chi connectivity index (χ3n) is 3.97. The summed E-state index contributed by atoms with van der Waals surface area (Å²) in [5.74, 6) is 0. The number of rotatable bonds is 2. The van der Waals surface area contributed by atoms with Crippen molar-refractivity contribution in [3.8, 4) is 0 Å². The Morgan fingerprint density at radius 2 is 2.32 bits per heavy atom. The summed E-state index contributed by atoms with van der Waals surface area (Å²) < 4.78 is 1.58. The number of fused-ring (bicyclic) bond motifs is 1. The van der Waals surface area contributed by atoms with Gasteiger partial charge in [-0.05, 0) is 32.7 Å². The minimum Gasteiger partial charge on any atom is -0.309 e. The number of aromatic nitrogens is 3. The smallest absolute Gasteiger partial charge is 0.276 e. The molecule has 5 nitrogen and oxygen atoms in total. The first-order valence-corrected chi connectivity index (χ1v) is 7.05. The lowest BCUT2D eigenvalue weighted by Crippen LogP contribution is -2.27.